The molecule has 0 spiro atoms. The maximum absolute atomic E-state index is 11.7. The third-order valence-corrected chi connectivity index (χ3v) is 6.25. The molecule has 2 N–H and O–H groups in total. The summed E-state index contributed by atoms with van der Waals surface area (Å²) in [4.78, 5) is 0. The van der Waals surface area contributed by atoms with Crippen LogP contribution in [0.15, 0.2) is 0 Å². The molecular weight excluding hydrogens is 246 g/mol. The summed E-state index contributed by atoms with van der Waals surface area (Å²) in [5, 5.41) is 0. The zero-order valence-electron chi connectivity index (χ0n) is 12.1. The van der Waals surface area contributed by atoms with Crippen LogP contribution in [-0.2, 0) is 9.84 Å². The number of nitrogens with two attached hydrogens (primary N) is 1. The first-order chi connectivity index (χ1) is 8.28. The minimum atomic E-state index is -2.88. The molecular formula is C14H29NO2S. The summed E-state index contributed by atoms with van der Waals surface area (Å²) in [7, 11) is -2.88. The SMILES string of the molecule is CCCS(=O)(=O)CCC1(N)CCC(C(C)C)CC1. The third kappa shape index (κ3) is 4.88. The van der Waals surface area contributed by atoms with Gasteiger partial charge in [-0.25, -0.2) is 8.42 Å². The number of rotatable bonds is 6. The Balaban J connectivity index is 2.44. The van der Waals surface area contributed by atoms with Gasteiger partial charge in [-0.05, 0) is 50.4 Å². The molecule has 0 unspecified atom stereocenters. The molecule has 0 aromatic heterocycles. The summed E-state index contributed by atoms with van der Waals surface area (Å²) in [6.45, 7) is 6.43. The normalized spacial score (nSPS) is 29.7. The van der Waals surface area contributed by atoms with Crippen LogP contribution in [0.3, 0.4) is 0 Å². The van der Waals surface area contributed by atoms with E-state index in [1.807, 2.05) is 6.92 Å². The molecule has 0 aromatic carbocycles. The second-order valence-corrected chi connectivity index (χ2v) is 8.65. The second-order valence-electron chi connectivity index (χ2n) is 6.35. The Labute approximate surface area is 112 Å². The summed E-state index contributed by atoms with van der Waals surface area (Å²) >= 11 is 0. The molecule has 1 saturated carbocycles. The number of hydrogen-bond acceptors (Lipinski definition) is 3. The highest BCUT2D eigenvalue weighted by Crippen LogP contribution is 2.36. The Hall–Kier alpha value is -0.0900. The standard InChI is InChI=1S/C14H29NO2S/c1-4-10-18(16,17)11-9-14(15)7-5-13(6-8-14)12(2)3/h12-13H,4-11,15H2,1-3H3. The quantitative estimate of drug-likeness (QED) is 0.811. The zero-order valence-corrected chi connectivity index (χ0v) is 12.9. The average Bonchev–Trinajstić information content (AvgIpc) is 2.27. The van der Waals surface area contributed by atoms with Gasteiger partial charge in [0.2, 0.25) is 0 Å². The van der Waals surface area contributed by atoms with Gasteiger partial charge in [0, 0.05) is 11.3 Å². The maximum Gasteiger partial charge on any atom is 0.150 e. The minimum Gasteiger partial charge on any atom is -0.325 e. The van der Waals surface area contributed by atoms with Gasteiger partial charge in [-0.2, -0.15) is 0 Å². The van der Waals surface area contributed by atoms with Gasteiger partial charge in [-0.1, -0.05) is 20.8 Å². The smallest absolute Gasteiger partial charge is 0.150 e. The second kappa shape index (κ2) is 6.38. The fourth-order valence-electron chi connectivity index (χ4n) is 2.90. The van der Waals surface area contributed by atoms with Crippen molar-refractivity contribution >= 4 is 9.84 Å². The van der Waals surface area contributed by atoms with E-state index in [-0.39, 0.29) is 11.3 Å². The highest BCUT2D eigenvalue weighted by Gasteiger charge is 2.33. The maximum atomic E-state index is 11.7. The van der Waals surface area contributed by atoms with Gasteiger partial charge in [-0.15, -0.1) is 0 Å². The van der Waals surface area contributed by atoms with Crippen molar-refractivity contribution < 1.29 is 8.42 Å². The molecule has 1 fully saturated rings. The van der Waals surface area contributed by atoms with Crippen molar-refractivity contribution in [3.63, 3.8) is 0 Å². The van der Waals surface area contributed by atoms with Gasteiger partial charge in [-0.3, -0.25) is 0 Å². The molecule has 0 radical (unpaired) electrons. The molecule has 0 heterocycles. The minimum absolute atomic E-state index is 0.230. The van der Waals surface area contributed by atoms with Gasteiger partial charge in [0.05, 0.1) is 5.75 Å². The van der Waals surface area contributed by atoms with Crippen LogP contribution < -0.4 is 5.73 Å². The lowest BCUT2D eigenvalue weighted by Gasteiger charge is -2.38. The van der Waals surface area contributed by atoms with Crippen LogP contribution in [0.25, 0.3) is 0 Å². The van der Waals surface area contributed by atoms with E-state index in [1.165, 1.54) is 0 Å². The third-order valence-electron chi connectivity index (χ3n) is 4.39. The molecule has 0 aromatic rings. The predicted octanol–water partition coefficient (Wildman–Crippen LogP) is 2.75. The summed E-state index contributed by atoms with van der Waals surface area (Å²) in [5.41, 5.74) is 6.13. The van der Waals surface area contributed by atoms with E-state index >= 15 is 0 Å². The molecule has 108 valence electrons. The Kier molecular flexibility index (Phi) is 5.66. The Morgan fingerprint density at radius 1 is 1.22 bits per heavy atom. The topological polar surface area (TPSA) is 60.2 Å². The number of hydrogen-bond donors (Lipinski definition) is 1. The van der Waals surface area contributed by atoms with E-state index in [4.69, 9.17) is 5.73 Å². The summed E-state index contributed by atoms with van der Waals surface area (Å²) in [6, 6.07) is 0. The molecule has 1 rings (SSSR count). The average molecular weight is 275 g/mol. The fourth-order valence-corrected chi connectivity index (χ4v) is 4.45. The van der Waals surface area contributed by atoms with Gasteiger partial charge >= 0.3 is 0 Å². The summed E-state index contributed by atoms with van der Waals surface area (Å²) < 4.78 is 23.5. The predicted molar refractivity (Wildman–Crippen MR) is 77.3 cm³/mol. The van der Waals surface area contributed by atoms with Crippen molar-refractivity contribution in [2.45, 2.75) is 64.8 Å². The van der Waals surface area contributed by atoms with Crippen LogP contribution in [0, 0.1) is 11.8 Å². The van der Waals surface area contributed by atoms with Crippen molar-refractivity contribution in [1.29, 1.82) is 0 Å². The molecule has 1 aliphatic rings. The van der Waals surface area contributed by atoms with Crippen LogP contribution in [0.1, 0.15) is 59.3 Å². The first-order valence-electron chi connectivity index (χ1n) is 7.27. The van der Waals surface area contributed by atoms with Crippen LogP contribution in [0.5, 0.6) is 0 Å². The molecule has 0 atom stereocenters. The lowest BCUT2D eigenvalue weighted by atomic mass is 9.72. The molecule has 0 aliphatic heterocycles. The molecule has 0 saturated heterocycles. The lowest BCUT2D eigenvalue weighted by molar-refractivity contribution is 0.191. The van der Waals surface area contributed by atoms with E-state index in [1.54, 1.807) is 0 Å². The first kappa shape index (κ1) is 16.0. The molecule has 0 amide bonds. The zero-order chi connectivity index (χ0) is 13.8. The van der Waals surface area contributed by atoms with Crippen molar-refractivity contribution in [3.8, 4) is 0 Å². The summed E-state index contributed by atoms with van der Waals surface area (Å²) in [6.07, 6.45) is 5.62. The van der Waals surface area contributed by atoms with E-state index in [0.29, 0.717) is 18.6 Å². The van der Waals surface area contributed by atoms with E-state index in [0.717, 1.165) is 37.5 Å². The van der Waals surface area contributed by atoms with Gasteiger partial charge in [0.25, 0.3) is 0 Å². The van der Waals surface area contributed by atoms with Crippen LogP contribution in [0.2, 0.25) is 0 Å². The lowest BCUT2D eigenvalue weighted by Crippen LogP contribution is -2.45. The van der Waals surface area contributed by atoms with Gasteiger partial charge in [0.15, 0.2) is 0 Å². The Morgan fingerprint density at radius 2 is 1.78 bits per heavy atom. The van der Waals surface area contributed by atoms with E-state index < -0.39 is 9.84 Å². The molecule has 1 aliphatic carbocycles. The molecule has 3 nitrogen and oxygen atoms in total. The van der Waals surface area contributed by atoms with Crippen LogP contribution in [0.4, 0.5) is 0 Å². The van der Waals surface area contributed by atoms with Crippen molar-refractivity contribution in [3.05, 3.63) is 0 Å². The van der Waals surface area contributed by atoms with Crippen molar-refractivity contribution in [1.82, 2.24) is 0 Å². The fraction of sp³-hybridized carbons (Fsp3) is 1.00. The van der Waals surface area contributed by atoms with Crippen molar-refractivity contribution in [2.75, 3.05) is 11.5 Å². The van der Waals surface area contributed by atoms with Crippen molar-refractivity contribution in [2.24, 2.45) is 17.6 Å². The number of sulfone groups is 1. The highest BCUT2D eigenvalue weighted by atomic mass is 32.2. The summed E-state index contributed by atoms with van der Waals surface area (Å²) in [5.74, 6) is 2.06. The molecule has 0 bridgehead atoms. The van der Waals surface area contributed by atoms with Crippen LogP contribution >= 0.6 is 0 Å². The molecule has 4 heteroatoms. The monoisotopic (exact) mass is 275 g/mol. The van der Waals surface area contributed by atoms with E-state index in [9.17, 15) is 8.42 Å². The largest absolute Gasteiger partial charge is 0.325 e. The van der Waals surface area contributed by atoms with Gasteiger partial charge < -0.3 is 5.73 Å². The first-order valence-corrected chi connectivity index (χ1v) is 9.09. The van der Waals surface area contributed by atoms with Gasteiger partial charge in [0.1, 0.15) is 9.84 Å². The highest BCUT2D eigenvalue weighted by molar-refractivity contribution is 7.91. The Morgan fingerprint density at radius 3 is 2.22 bits per heavy atom. The molecule has 18 heavy (non-hydrogen) atoms. The van der Waals surface area contributed by atoms with Crippen LogP contribution in [-0.4, -0.2) is 25.5 Å². The Bertz CT molecular complexity index is 341. The van der Waals surface area contributed by atoms with E-state index in [2.05, 4.69) is 13.8 Å².